The predicted molar refractivity (Wildman–Crippen MR) is 79.1 cm³/mol. The van der Waals surface area contributed by atoms with Crippen molar-refractivity contribution in [1.82, 2.24) is 29.8 Å². The lowest BCUT2D eigenvalue weighted by Gasteiger charge is -2.26. The van der Waals surface area contributed by atoms with Crippen molar-refractivity contribution in [3.63, 3.8) is 0 Å². The number of aromatic nitrogens is 5. The van der Waals surface area contributed by atoms with Gasteiger partial charge < -0.3 is 9.09 Å². The molecule has 1 aliphatic heterocycles. The fourth-order valence-electron chi connectivity index (χ4n) is 2.82. The Morgan fingerprint density at radius 2 is 2.00 bits per heavy atom. The molecule has 0 spiro atoms. The zero-order chi connectivity index (χ0) is 15.3. The molecule has 0 bridgehead atoms. The molecule has 0 radical (unpaired) electrons. The van der Waals surface area contributed by atoms with Gasteiger partial charge in [0.05, 0.1) is 13.1 Å². The van der Waals surface area contributed by atoms with E-state index in [0.717, 1.165) is 31.3 Å². The summed E-state index contributed by atoms with van der Waals surface area (Å²) in [5.74, 6) is 4.34. The normalized spacial score (nSPS) is 19.4. The smallest absolute Gasteiger partial charge is 0.240 e. The molecule has 1 saturated carbocycles. The molecule has 2 aromatic rings. The minimum atomic E-state index is -0.0804. The van der Waals surface area contributed by atoms with Crippen LogP contribution in [-0.4, -0.2) is 36.3 Å². The second-order valence-corrected chi connectivity index (χ2v) is 7.37. The van der Waals surface area contributed by atoms with Crippen LogP contribution in [0.5, 0.6) is 0 Å². The number of rotatable bonds is 3. The maximum absolute atomic E-state index is 5.39. The summed E-state index contributed by atoms with van der Waals surface area (Å²) < 4.78 is 7.68. The van der Waals surface area contributed by atoms with Crippen molar-refractivity contribution in [3.8, 4) is 0 Å². The van der Waals surface area contributed by atoms with Crippen molar-refractivity contribution in [1.29, 1.82) is 0 Å². The summed E-state index contributed by atoms with van der Waals surface area (Å²) in [4.78, 5) is 6.81. The molecule has 0 N–H and O–H groups in total. The quantitative estimate of drug-likeness (QED) is 0.861. The average molecular weight is 302 g/mol. The Kier molecular flexibility index (Phi) is 3.07. The molecule has 0 unspecified atom stereocenters. The highest BCUT2D eigenvalue weighted by atomic mass is 16.5. The van der Waals surface area contributed by atoms with Gasteiger partial charge in [-0.1, -0.05) is 25.9 Å². The van der Waals surface area contributed by atoms with Gasteiger partial charge in [-0.05, 0) is 12.8 Å². The molecule has 0 atom stereocenters. The van der Waals surface area contributed by atoms with Gasteiger partial charge in [-0.25, -0.2) is 0 Å². The van der Waals surface area contributed by atoms with E-state index in [0.29, 0.717) is 18.4 Å². The Labute approximate surface area is 129 Å². The van der Waals surface area contributed by atoms with Crippen LogP contribution < -0.4 is 0 Å². The SMILES string of the molecule is CC(C)(C)c1noc(CN2CCn3c(nnc3C3CC3)C2)n1. The number of hydrogen-bond acceptors (Lipinski definition) is 6. The third kappa shape index (κ3) is 2.54. The Morgan fingerprint density at radius 3 is 2.68 bits per heavy atom. The van der Waals surface area contributed by atoms with Gasteiger partial charge in [0.25, 0.3) is 0 Å². The van der Waals surface area contributed by atoms with Crippen LogP contribution in [0, 0.1) is 0 Å². The monoisotopic (exact) mass is 302 g/mol. The molecule has 7 nitrogen and oxygen atoms in total. The molecular formula is C15H22N6O. The summed E-state index contributed by atoms with van der Waals surface area (Å²) in [6.07, 6.45) is 2.53. The van der Waals surface area contributed by atoms with Gasteiger partial charge in [-0.15, -0.1) is 10.2 Å². The molecular weight excluding hydrogens is 280 g/mol. The van der Waals surface area contributed by atoms with Crippen LogP contribution in [0.4, 0.5) is 0 Å². The summed E-state index contributed by atoms with van der Waals surface area (Å²) >= 11 is 0. The first-order valence-electron chi connectivity index (χ1n) is 7.98. The first-order chi connectivity index (χ1) is 10.5. The highest BCUT2D eigenvalue weighted by Crippen LogP contribution is 2.39. The van der Waals surface area contributed by atoms with Crippen LogP contribution in [0.15, 0.2) is 4.52 Å². The Morgan fingerprint density at radius 1 is 1.18 bits per heavy atom. The lowest BCUT2D eigenvalue weighted by molar-refractivity contribution is 0.181. The molecule has 1 fully saturated rings. The van der Waals surface area contributed by atoms with Crippen LogP contribution in [0.25, 0.3) is 0 Å². The first-order valence-corrected chi connectivity index (χ1v) is 7.98. The summed E-state index contributed by atoms with van der Waals surface area (Å²) in [6, 6.07) is 0. The number of fused-ring (bicyclic) bond motifs is 1. The third-order valence-corrected chi connectivity index (χ3v) is 4.30. The Hall–Kier alpha value is -1.76. The van der Waals surface area contributed by atoms with Gasteiger partial charge in [-0.2, -0.15) is 4.98 Å². The Balaban J connectivity index is 1.45. The number of nitrogens with zero attached hydrogens (tertiary/aromatic N) is 6. The van der Waals surface area contributed by atoms with Crippen LogP contribution in [0.3, 0.4) is 0 Å². The molecule has 2 aliphatic rings. The molecule has 4 rings (SSSR count). The summed E-state index contributed by atoms with van der Waals surface area (Å²) in [5.41, 5.74) is -0.0804. The average Bonchev–Trinajstić information content (AvgIpc) is 3.04. The van der Waals surface area contributed by atoms with Crippen molar-refractivity contribution in [2.45, 2.75) is 64.6 Å². The second-order valence-electron chi connectivity index (χ2n) is 7.37. The largest absolute Gasteiger partial charge is 0.338 e. The standard InChI is InChI=1S/C15H22N6O/c1-15(2,3)14-16-12(22-19-14)9-20-6-7-21-11(8-20)17-18-13(21)10-4-5-10/h10H,4-9H2,1-3H3. The van der Waals surface area contributed by atoms with Crippen molar-refractivity contribution in [2.24, 2.45) is 0 Å². The van der Waals surface area contributed by atoms with Gasteiger partial charge in [-0.3, -0.25) is 4.90 Å². The van der Waals surface area contributed by atoms with Gasteiger partial charge >= 0.3 is 0 Å². The van der Waals surface area contributed by atoms with Crippen molar-refractivity contribution in [2.75, 3.05) is 6.54 Å². The lowest BCUT2D eigenvalue weighted by Crippen LogP contribution is -2.34. The van der Waals surface area contributed by atoms with Crippen molar-refractivity contribution < 1.29 is 4.52 Å². The Bertz CT molecular complexity index is 679. The second kappa shape index (κ2) is 4.87. The maximum atomic E-state index is 5.39. The molecule has 1 aliphatic carbocycles. The molecule has 7 heteroatoms. The van der Waals surface area contributed by atoms with Crippen molar-refractivity contribution >= 4 is 0 Å². The van der Waals surface area contributed by atoms with Gasteiger partial charge in [0, 0.05) is 24.4 Å². The van der Waals surface area contributed by atoms with E-state index in [4.69, 9.17) is 4.52 Å². The topological polar surface area (TPSA) is 72.9 Å². The van der Waals surface area contributed by atoms with Crippen LogP contribution >= 0.6 is 0 Å². The lowest BCUT2D eigenvalue weighted by atomic mass is 9.96. The molecule has 22 heavy (non-hydrogen) atoms. The highest BCUT2D eigenvalue weighted by molar-refractivity contribution is 5.10. The predicted octanol–water partition coefficient (Wildman–Crippen LogP) is 1.85. The van der Waals surface area contributed by atoms with E-state index >= 15 is 0 Å². The van der Waals surface area contributed by atoms with E-state index in [9.17, 15) is 0 Å². The fourth-order valence-corrected chi connectivity index (χ4v) is 2.82. The van der Waals surface area contributed by atoms with Gasteiger partial charge in [0.15, 0.2) is 5.82 Å². The minimum absolute atomic E-state index is 0.0804. The van der Waals surface area contributed by atoms with Crippen LogP contribution in [0.2, 0.25) is 0 Å². The number of hydrogen-bond donors (Lipinski definition) is 0. The molecule has 0 saturated heterocycles. The first kappa shape index (κ1) is 13.9. The maximum Gasteiger partial charge on any atom is 0.240 e. The van der Waals surface area contributed by atoms with E-state index in [1.165, 1.54) is 18.7 Å². The van der Waals surface area contributed by atoms with Gasteiger partial charge in [0.1, 0.15) is 11.6 Å². The van der Waals surface area contributed by atoms with E-state index in [1.807, 2.05) is 0 Å². The van der Waals surface area contributed by atoms with Gasteiger partial charge in [0.2, 0.25) is 5.89 Å². The summed E-state index contributed by atoms with van der Waals surface area (Å²) in [6.45, 7) is 9.66. The highest BCUT2D eigenvalue weighted by Gasteiger charge is 2.32. The zero-order valence-corrected chi connectivity index (χ0v) is 13.4. The molecule has 0 aromatic carbocycles. The molecule has 118 valence electrons. The third-order valence-electron chi connectivity index (χ3n) is 4.30. The minimum Gasteiger partial charge on any atom is -0.338 e. The zero-order valence-electron chi connectivity index (χ0n) is 13.4. The summed E-state index contributed by atoms with van der Waals surface area (Å²) in [5, 5.41) is 12.8. The van der Waals surface area contributed by atoms with E-state index in [1.54, 1.807) is 0 Å². The van der Waals surface area contributed by atoms with E-state index in [-0.39, 0.29) is 5.41 Å². The fraction of sp³-hybridized carbons (Fsp3) is 0.733. The van der Waals surface area contributed by atoms with E-state index in [2.05, 4.69) is 50.6 Å². The molecule has 3 heterocycles. The molecule has 2 aromatic heterocycles. The van der Waals surface area contributed by atoms with E-state index < -0.39 is 0 Å². The van der Waals surface area contributed by atoms with Crippen LogP contribution in [-0.2, 0) is 25.0 Å². The van der Waals surface area contributed by atoms with Crippen molar-refractivity contribution in [3.05, 3.63) is 23.4 Å². The molecule has 0 amide bonds. The van der Waals surface area contributed by atoms with Crippen LogP contribution in [0.1, 0.15) is 62.9 Å². The summed E-state index contributed by atoms with van der Waals surface area (Å²) in [7, 11) is 0.